The Morgan fingerprint density at radius 2 is 1.84 bits per heavy atom. The van der Waals surface area contributed by atoms with Gasteiger partial charge in [0.2, 0.25) is 5.91 Å². The lowest BCUT2D eigenvalue weighted by Gasteiger charge is -2.44. The van der Waals surface area contributed by atoms with Crippen LogP contribution >= 0.6 is 0 Å². The molecule has 1 aliphatic heterocycles. The van der Waals surface area contributed by atoms with E-state index >= 15 is 0 Å². The molecule has 1 aliphatic carbocycles. The van der Waals surface area contributed by atoms with Crippen LogP contribution in [0.4, 0.5) is 0 Å². The van der Waals surface area contributed by atoms with Gasteiger partial charge < -0.3 is 30.3 Å². The summed E-state index contributed by atoms with van der Waals surface area (Å²) in [7, 11) is 1.69. The zero-order chi connectivity index (χ0) is 27.3. The third-order valence-corrected chi connectivity index (χ3v) is 8.47. The molecule has 4 rings (SSSR count). The molecule has 2 aromatic rings. The zero-order valence-electron chi connectivity index (χ0n) is 23.1. The molecule has 0 aromatic heterocycles. The molecule has 7 nitrogen and oxygen atoms in total. The van der Waals surface area contributed by atoms with Crippen molar-refractivity contribution in [2.24, 2.45) is 17.6 Å². The Labute approximate surface area is 226 Å². The minimum Gasteiger partial charge on any atom is -0.456 e. The Balaban J connectivity index is 1.63. The molecule has 2 aromatic carbocycles. The molecule has 208 valence electrons. The number of hydrogen-bond acceptors (Lipinski definition) is 6. The number of aliphatic hydroxyl groups is 2. The number of hydrogen-bond donors (Lipinski definition) is 3. The highest BCUT2D eigenvalue weighted by Gasteiger charge is 2.44. The van der Waals surface area contributed by atoms with Gasteiger partial charge in [-0.2, -0.15) is 0 Å². The Hall–Kier alpha value is -2.45. The fourth-order valence-corrected chi connectivity index (χ4v) is 6.26. The first-order valence-electron chi connectivity index (χ1n) is 14.0. The third kappa shape index (κ3) is 6.23. The molecule has 1 saturated carbocycles. The Bertz CT molecular complexity index is 1060. The average Bonchev–Trinajstić information content (AvgIpc) is 3.26. The standard InChI is InChI=1S/C31H44N2O5/c1-21-10-8-11-22(2)29(21)38-28-14-5-4-13-25(28)31(36,15-6-7-17-37-3)24-12-9-16-33(20-24)30(35)23-18-26(32)27(34)19-23/h4-5,8,10-11,13-14,23-24,26-27,34,36H,6-7,9,12,15-20,32H2,1-3H3. The van der Waals surface area contributed by atoms with Gasteiger partial charge in [0, 0.05) is 50.2 Å². The average molecular weight is 525 g/mol. The predicted octanol–water partition coefficient (Wildman–Crippen LogP) is 4.44. The number of aliphatic hydroxyl groups excluding tert-OH is 1. The lowest BCUT2D eigenvalue weighted by atomic mass is 9.73. The topological polar surface area (TPSA) is 105 Å². The molecule has 2 aliphatic rings. The summed E-state index contributed by atoms with van der Waals surface area (Å²) in [5, 5.41) is 22.7. The van der Waals surface area contributed by atoms with Crippen molar-refractivity contribution >= 4 is 5.91 Å². The number of para-hydroxylation sites is 2. The Kier molecular flexibility index (Phi) is 9.47. The number of nitrogens with two attached hydrogens (primary N) is 1. The molecule has 5 unspecified atom stereocenters. The third-order valence-electron chi connectivity index (χ3n) is 8.47. The van der Waals surface area contributed by atoms with E-state index in [0.717, 1.165) is 48.1 Å². The minimum absolute atomic E-state index is 0.0449. The van der Waals surface area contributed by atoms with Gasteiger partial charge in [0.25, 0.3) is 0 Å². The Morgan fingerprint density at radius 3 is 2.53 bits per heavy atom. The number of carbonyl (C=O) groups excluding carboxylic acids is 1. The van der Waals surface area contributed by atoms with Gasteiger partial charge in [-0.1, -0.05) is 36.4 Å². The van der Waals surface area contributed by atoms with Gasteiger partial charge in [0.05, 0.1) is 11.7 Å². The van der Waals surface area contributed by atoms with Gasteiger partial charge in [-0.05, 0) is 76.0 Å². The van der Waals surface area contributed by atoms with Gasteiger partial charge in [-0.3, -0.25) is 4.79 Å². The SMILES string of the molecule is COCCCCC(O)(c1ccccc1Oc1c(C)cccc1C)C1CCCN(C(=O)C2CC(N)C(O)C2)C1. The second kappa shape index (κ2) is 12.6. The molecule has 0 radical (unpaired) electrons. The summed E-state index contributed by atoms with van der Waals surface area (Å²) in [6, 6.07) is 13.5. The molecule has 2 fully saturated rings. The lowest BCUT2D eigenvalue weighted by Crippen LogP contribution is -2.49. The number of likely N-dealkylation sites (tertiary alicyclic amines) is 1. The van der Waals surface area contributed by atoms with E-state index in [2.05, 4.69) is 0 Å². The molecule has 7 heteroatoms. The number of carbonyl (C=O) groups is 1. The van der Waals surface area contributed by atoms with Crippen LogP contribution in [0.2, 0.25) is 0 Å². The molecule has 1 saturated heterocycles. The maximum Gasteiger partial charge on any atom is 0.225 e. The monoisotopic (exact) mass is 524 g/mol. The van der Waals surface area contributed by atoms with Crippen LogP contribution in [0.5, 0.6) is 11.5 Å². The van der Waals surface area contributed by atoms with Gasteiger partial charge in [-0.25, -0.2) is 0 Å². The van der Waals surface area contributed by atoms with Crippen LogP contribution in [0.1, 0.15) is 61.6 Å². The van der Waals surface area contributed by atoms with Crippen molar-refractivity contribution in [2.45, 2.75) is 76.5 Å². The number of ether oxygens (including phenoxy) is 2. The summed E-state index contributed by atoms with van der Waals surface area (Å²) >= 11 is 0. The quantitative estimate of drug-likeness (QED) is 0.397. The summed E-state index contributed by atoms with van der Waals surface area (Å²) in [5.41, 5.74) is 7.66. The van der Waals surface area contributed by atoms with E-state index in [0.29, 0.717) is 44.7 Å². The van der Waals surface area contributed by atoms with Crippen molar-refractivity contribution in [3.63, 3.8) is 0 Å². The van der Waals surface area contributed by atoms with E-state index in [4.69, 9.17) is 15.2 Å². The maximum absolute atomic E-state index is 13.4. The number of amides is 1. The fourth-order valence-electron chi connectivity index (χ4n) is 6.26. The van der Waals surface area contributed by atoms with Crippen LogP contribution in [-0.4, -0.2) is 60.0 Å². The highest BCUT2D eigenvalue weighted by atomic mass is 16.5. The van der Waals surface area contributed by atoms with Crippen molar-refractivity contribution in [3.8, 4) is 11.5 Å². The molecule has 4 N–H and O–H groups in total. The molecule has 1 heterocycles. The number of unbranched alkanes of at least 4 members (excludes halogenated alkanes) is 1. The molecular formula is C31H44N2O5. The largest absolute Gasteiger partial charge is 0.456 e. The van der Waals surface area contributed by atoms with Gasteiger partial charge in [0.1, 0.15) is 11.5 Å². The molecule has 0 spiro atoms. The van der Waals surface area contributed by atoms with Crippen LogP contribution in [0, 0.1) is 25.7 Å². The first-order valence-corrected chi connectivity index (χ1v) is 14.0. The summed E-state index contributed by atoms with van der Waals surface area (Å²) in [4.78, 5) is 15.3. The highest BCUT2D eigenvalue weighted by Crippen LogP contribution is 2.45. The molecule has 1 amide bonds. The summed E-state index contributed by atoms with van der Waals surface area (Å²) < 4.78 is 11.8. The normalized spacial score (nSPS) is 25.3. The number of aryl methyl sites for hydroxylation is 2. The molecule has 5 atom stereocenters. The fraction of sp³-hybridized carbons (Fsp3) is 0.581. The van der Waals surface area contributed by atoms with Crippen molar-refractivity contribution in [3.05, 3.63) is 59.2 Å². The van der Waals surface area contributed by atoms with Gasteiger partial charge in [-0.15, -0.1) is 0 Å². The van der Waals surface area contributed by atoms with Crippen molar-refractivity contribution < 1.29 is 24.5 Å². The number of rotatable bonds is 10. The van der Waals surface area contributed by atoms with E-state index < -0.39 is 11.7 Å². The van der Waals surface area contributed by atoms with Crippen LogP contribution in [0.25, 0.3) is 0 Å². The van der Waals surface area contributed by atoms with Gasteiger partial charge >= 0.3 is 0 Å². The smallest absolute Gasteiger partial charge is 0.225 e. The minimum atomic E-state index is -1.18. The lowest BCUT2D eigenvalue weighted by molar-refractivity contribution is -0.141. The van der Waals surface area contributed by atoms with E-state index in [9.17, 15) is 15.0 Å². The summed E-state index contributed by atoms with van der Waals surface area (Å²) in [6.45, 7) is 5.82. The second-order valence-corrected chi connectivity index (χ2v) is 11.2. The van der Waals surface area contributed by atoms with E-state index in [1.807, 2.05) is 61.2 Å². The van der Waals surface area contributed by atoms with Crippen LogP contribution < -0.4 is 10.5 Å². The Morgan fingerprint density at radius 1 is 1.11 bits per heavy atom. The van der Waals surface area contributed by atoms with E-state index in [1.165, 1.54) is 0 Å². The van der Waals surface area contributed by atoms with Crippen LogP contribution in [0.3, 0.4) is 0 Å². The van der Waals surface area contributed by atoms with Crippen molar-refractivity contribution in [1.82, 2.24) is 4.90 Å². The first kappa shape index (κ1) is 28.6. The number of piperidine rings is 1. The maximum atomic E-state index is 13.4. The second-order valence-electron chi connectivity index (χ2n) is 11.2. The van der Waals surface area contributed by atoms with E-state index in [1.54, 1.807) is 7.11 Å². The van der Waals surface area contributed by atoms with E-state index in [-0.39, 0.29) is 23.8 Å². The first-order chi connectivity index (χ1) is 18.2. The predicted molar refractivity (Wildman–Crippen MR) is 148 cm³/mol. The van der Waals surface area contributed by atoms with Gasteiger partial charge in [0.15, 0.2) is 0 Å². The van der Waals surface area contributed by atoms with Crippen molar-refractivity contribution in [1.29, 1.82) is 0 Å². The zero-order valence-corrected chi connectivity index (χ0v) is 23.1. The molecular weight excluding hydrogens is 480 g/mol. The molecule has 38 heavy (non-hydrogen) atoms. The summed E-state index contributed by atoms with van der Waals surface area (Å²) in [5.74, 6) is 1.09. The van der Waals surface area contributed by atoms with Crippen molar-refractivity contribution in [2.75, 3.05) is 26.8 Å². The number of nitrogens with zero attached hydrogens (tertiary/aromatic N) is 1. The van der Waals surface area contributed by atoms with Crippen LogP contribution in [-0.2, 0) is 15.1 Å². The number of methoxy groups -OCH3 is 1. The van der Waals surface area contributed by atoms with Crippen LogP contribution in [0.15, 0.2) is 42.5 Å². The highest BCUT2D eigenvalue weighted by molar-refractivity contribution is 5.79. The summed E-state index contributed by atoms with van der Waals surface area (Å²) in [6.07, 6.45) is 4.10. The molecule has 0 bridgehead atoms. The number of benzene rings is 2.